The standard InChI is InChI=1S/C12H21N2O2P/c1-9-11(2,3)17(9)16-10-7-13-14(8-10)12(4,5)15-6/h7-9H,1-6H3. The second-order valence-electron chi connectivity index (χ2n) is 5.52. The molecule has 2 heterocycles. The maximum absolute atomic E-state index is 6.00. The van der Waals surface area contributed by atoms with Crippen LogP contribution in [-0.2, 0) is 10.5 Å². The minimum atomic E-state index is -0.431. The van der Waals surface area contributed by atoms with Crippen molar-refractivity contribution in [3.63, 3.8) is 0 Å². The van der Waals surface area contributed by atoms with Crippen LogP contribution in [0.3, 0.4) is 0 Å². The number of methoxy groups -OCH3 is 1. The Balaban J connectivity index is 2.06. The first-order valence-electron chi connectivity index (χ1n) is 5.86. The van der Waals surface area contributed by atoms with E-state index < -0.39 is 5.72 Å². The summed E-state index contributed by atoms with van der Waals surface area (Å²) in [4.78, 5) is 0. The largest absolute Gasteiger partial charge is 0.470 e. The molecular weight excluding hydrogens is 235 g/mol. The molecule has 1 aliphatic heterocycles. The van der Waals surface area contributed by atoms with Crippen molar-refractivity contribution < 1.29 is 9.26 Å². The van der Waals surface area contributed by atoms with Crippen molar-refractivity contribution in [1.82, 2.24) is 9.78 Å². The van der Waals surface area contributed by atoms with Gasteiger partial charge in [0.2, 0.25) is 0 Å². The lowest BCUT2D eigenvalue weighted by molar-refractivity contribution is -0.0549. The molecule has 5 heteroatoms. The maximum atomic E-state index is 6.00. The number of rotatable bonds is 4. The van der Waals surface area contributed by atoms with E-state index in [-0.39, 0.29) is 8.15 Å². The van der Waals surface area contributed by atoms with Gasteiger partial charge in [0.15, 0.2) is 11.5 Å². The Morgan fingerprint density at radius 1 is 1.47 bits per heavy atom. The van der Waals surface area contributed by atoms with Gasteiger partial charge < -0.3 is 9.26 Å². The lowest BCUT2D eigenvalue weighted by Crippen LogP contribution is -2.28. The van der Waals surface area contributed by atoms with Gasteiger partial charge in [-0.3, -0.25) is 0 Å². The minimum absolute atomic E-state index is 0.341. The summed E-state index contributed by atoms with van der Waals surface area (Å²) in [5.41, 5.74) is 0.232. The molecule has 1 saturated heterocycles. The molecule has 2 unspecified atom stereocenters. The summed E-state index contributed by atoms with van der Waals surface area (Å²) in [5.74, 6) is 0.846. The zero-order chi connectivity index (χ0) is 12.8. The summed E-state index contributed by atoms with van der Waals surface area (Å²) >= 11 is 0. The normalized spacial score (nSPS) is 26.9. The molecular formula is C12H21N2O2P. The summed E-state index contributed by atoms with van der Waals surface area (Å²) in [6, 6.07) is 0. The monoisotopic (exact) mass is 256 g/mol. The number of aromatic nitrogens is 2. The van der Waals surface area contributed by atoms with E-state index >= 15 is 0 Å². The Morgan fingerprint density at radius 2 is 2.06 bits per heavy atom. The molecule has 0 bridgehead atoms. The van der Waals surface area contributed by atoms with Gasteiger partial charge in [0.25, 0.3) is 0 Å². The van der Waals surface area contributed by atoms with Crippen LogP contribution in [0.1, 0.15) is 34.6 Å². The molecule has 0 radical (unpaired) electrons. The first-order valence-corrected chi connectivity index (χ1v) is 7.19. The fourth-order valence-electron chi connectivity index (χ4n) is 1.70. The molecule has 0 aromatic carbocycles. The first kappa shape index (κ1) is 12.8. The highest BCUT2D eigenvalue weighted by atomic mass is 31.2. The van der Waals surface area contributed by atoms with Crippen LogP contribution in [0.2, 0.25) is 0 Å². The van der Waals surface area contributed by atoms with E-state index in [0.29, 0.717) is 10.8 Å². The average molecular weight is 256 g/mol. The Hall–Kier alpha value is -0.600. The molecule has 0 amide bonds. The van der Waals surface area contributed by atoms with Crippen LogP contribution in [0, 0.1) is 0 Å². The molecule has 1 aromatic heterocycles. The van der Waals surface area contributed by atoms with E-state index in [9.17, 15) is 0 Å². The van der Waals surface area contributed by atoms with Gasteiger partial charge in [-0.05, 0) is 13.8 Å². The van der Waals surface area contributed by atoms with E-state index in [1.807, 2.05) is 20.0 Å². The highest BCUT2D eigenvalue weighted by Gasteiger charge is 2.58. The molecule has 0 aliphatic carbocycles. The third kappa shape index (κ3) is 2.21. The van der Waals surface area contributed by atoms with Crippen molar-refractivity contribution in [1.29, 1.82) is 0 Å². The van der Waals surface area contributed by atoms with Crippen molar-refractivity contribution in [3.05, 3.63) is 12.4 Å². The highest BCUT2D eigenvalue weighted by Crippen LogP contribution is 2.74. The molecule has 96 valence electrons. The fraction of sp³-hybridized carbons (Fsp3) is 0.750. The smallest absolute Gasteiger partial charge is 0.161 e. The van der Waals surface area contributed by atoms with E-state index in [4.69, 9.17) is 9.26 Å². The second kappa shape index (κ2) is 3.96. The van der Waals surface area contributed by atoms with Gasteiger partial charge in [-0.1, -0.05) is 20.8 Å². The lowest BCUT2D eigenvalue weighted by atomic mass is 10.2. The van der Waals surface area contributed by atoms with Crippen molar-refractivity contribution in [3.8, 4) is 5.75 Å². The van der Waals surface area contributed by atoms with Gasteiger partial charge >= 0.3 is 0 Å². The van der Waals surface area contributed by atoms with E-state index in [0.717, 1.165) is 5.75 Å². The molecule has 1 aromatic rings. The zero-order valence-electron chi connectivity index (χ0n) is 11.4. The van der Waals surface area contributed by atoms with Gasteiger partial charge in [-0.25, -0.2) is 4.68 Å². The number of hydrogen-bond donors (Lipinski definition) is 0. The molecule has 1 aliphatic rings. The van der Waals surface area contributed by atoms with Crippen LogP contribution in [0.15, 0.2) is 12.4 Å². The zero-order valence-corrected chi connectivity index (χ0v) is 12.3. The van der Waals surface area contributed by atoms with Crippen molar-refractivity contribution in [2.45, 2.75) is 51.2 Å². The molecule has 2 rings (SSSR count). The van der Waals surface area contributed by atoms with E-state index in [1.165, 1.54) is 0 Å². The van der Waals surface area contributed by atoms with Gasteiger partial charge in [-0.2, -0.15) is 5.10 Å². The van der Waals surface area contributed by atoms with Crippen LogP contribution in [0.5, 0.6) is 5.75 Å². The van der Waals surface area contributed by atoms with Gasteiger partial charge in [0.1, 0.15) is 0 Å². The first-order chi connectivity index (χ1) is 7.79. The Kier molecular flexibility index (Phi) is 2.99. The molecule has 4 nitrogen and oxygen atoms in total. The highest BCUT2D eigenvalue weighted by molar-refractivity contribution is 7.64. The Morgan fingerprint density at radius 3 is 2.53 bits per heavy atom. The minimum Gasteiger partial charge on any atom is -0.470 e. The Labute approximate surface area is 104 Å². The number of hydrogen-bond acceptors (Lipinski definition) is 3. The van der Waals surface area contributed by atoms with Crippen LogP contribution in [-0.4, -0.2) is 27.7 Å². The molecule has 0 saturated carbocycles. The van der Waals surface area contributed by atoms with Crippen molar-refractivity contribution in [2.24, 2.45) is 0 Å². The topological polar surface area (TPSA) is 36.3 Å². The molecule has 2 atom stereocenters. The number of nitrogens with zero attached hydrogens (tertiary/aromatic N) is 2. The molecule has 0 N–H and O–H groups in total. The van der Waals surface area contributed by atoms with Gasteiger partial charge in [0.05, 0.1) is 20.5 Å². The average Bonchev–Trinajstić information content (AvgIpc) is 2.70. The van der Waals surface area contributed by atoms with Crippen LogP contribution >= 0.6 is 8.15 Å². The Bertz CT molecular complexity index is 414. The van der Waals surface area contributed by atoms with Crippen molar-refractivity contribution >= 4 is 8.15 Å². The van der Waals surface area contributed by atoms with Crippen LogP contribution < -0.4 is 4.52 Å². The van der Waals surface area contributed by atoms with Crippen LogP contribution in [0.25, 0.3) is 0 Å². The van der Waals surface area contributed by atoms with E-state index in [2.05, 4.69) is 25.9 Å². The predicted molar refractivity (Wildman–Crippen MR) is 69.6 cm³/mol. The van der Waals surface area contributed by atoms with Gasteiger partial charge in [-0.15, -0.1) is 0 Å². The van der Waals surface area contributed by atoms with E-state index in [1.54, 1.807) is 18.0 Å². The predicted octanol–water partition coefficient (Wildman–Crippen LogP) is 3.18. The summed E-state index contributed by atoms with van der Waals surface area (Å²) < 4.78 is 13.2. The summed E-state index contributed by atoms with van der Waals surface area (Å²) in [7, 11) is 1.33. The quantitative estimate of drug-likeness (QED) is 0.776. The second-order valence-corrected chi connectivity index (χ2v) is 8.28. The SMILES string of the molecule is COC(C)(C)n1cc(OP2C(C)C2(C)C)cn1. The number of ether oxygens (including phenoxy) is 1. The van der Waals surface area contributed by atoms with Crippen molar-refractivity contribution in [2.75, 3.05) is 7.11 Å². The summed E-state index contributed by atoms with van der Waals surface area (Å²) in [5, 5.41) is 4.63. The fourth-order valence-corrected chi connectivity index (χ4v) is 3.84. The molecule has 17 heavy (non-hydrogen) atoms. The third-order valence-corrected chi connectivity index (χ3v) is 6.69. The summed E-state index contributed by atoms with van der Waals surface area (Å²) in [6.45, 7) is 10.7. The molecule has 1 fully saturated rings. The molecule has 0 spiro atoms. The lowest BCUT2D eigenvalue weighted by Gasteiger charge is -2.22. The third-order valence-electron chi connectivity index (χ3n) is 3.69. The summed E-state index contributed by atoms with van der Waals surface area (Å²) in [6.07, 6.45) is 3.68. The maximum Gasteiger partial charge on any atom is 0.161 e. The van der Waals surface area contributed by atoms with Crippen LogP contribution in [0.4, 0.5) is 0 Å². The van der Waals surface area contributed by atoms with Gasteiger partial charge in [0, 0.05) is 17.9 Å².